The molecule has 1 saturated carbocycles. The first-order valence-corrected chi connectivity index (χ1v) is 15.9. The van der Waals surface area contributed by atoms with Crippen LogP contribution in [0.4, 0.5) is 14.9 Å². The van der Waals surface area contributed by atoms with Crippen LogP contribution < -0.4 is 18.5 Å². The van der Waals surface area contributed by atoms with Crippen LogP contribution in [-0.2, 0) is 36.6 Å². The van der Waals surface area contributed by atoms with Gasteiger partial charge in [-0.3, -0.25) is 4.79 Å². The summed E-state index contributed by atoms with van der Waals surface area (Å²) in [7, 11) is -8.44. The van der Waals surface area contributed by atoms with E-state index in [1.165, 1.54) is 12.1 Å². The number of fused-ring (bicyclic) bond motifs is 1. The number of ether oxygens (including phenoxy) is 2. The molecule has 42 heavy (non-hydrogen) atoms. The van der Waals surface area contributed by atoms with Gasteiger partial charge in [0.25, 0.3) is 5.91 Å². The standard InChI is InChI=1S/C27H29FN4O8S2/c1-27(2,3)40-26(34)30-41(35,36)31-13-20-19(21(20)14-31)11-9-18-10-12-22(39-16-17-7-5-4-6-8-17)25(24(18)28)32-15-23(33)29-42(32,37)38/h4-8,10,12,19-21H,13-16H2,1-3H3,(H,29,33)(H,30,34). The number of hydrogen-bond acceptors (Lipinski definition) is 8. The van der Waals surface area contributed by atoms with Gasteiger partial charge in [-0.05, 0) is 50.3 Å². The maximum absolute atomic E-state index is 15.8. The van der Waals surface area contributed by atoms with Crippen molar-refractivity contribution in [2.24, 2.45) is 17.8 Å². The number of halogens is 1. The highest BCUT2D eigenvalue weighted by Gasteiger charge is 2.57. The lowest BCUT2D eigenvalue weighted by Gasteiger charge is -2.22. The predicted octanol–water partition coefficient (Wildman–Crippen LogP) is 1.88. The van der Waals surface area contributed by atoms with Gasteiger partial charge in [0, 0.05) is 19.0 Å². The molecule has 2 aromatic rings. The van der Waals surface area contributed by atoms with E-state index in [9.17, 15) is 26.4 Å². The van der Waals surface area contributed by atoms with Crippen LogP contribution in [0.25, 0.3) is 0 Å². The molecule has 5 rings (SSSR count). The summed E-state index contributed by atoms with van der Waals surface area (Å²) in [5.74, 6) is 3.43. The summed E-state index contributed by atoms with van der Waals surface area (Å²) in [6, 6.07) is 11.8. The summed E-state index contributed by atoms with van der Waals surface area (Å²) in [5, 5.41) is 0. The third-order valence-corrected chi connectivity index (χ3v) is 9.65. The van der Waals surface area contributed by atoms with E-state index in [0.29, 0.717) is 4.31 Å². The number of amides is 2. The van der Waals surface area contributed by atoms with E-state index in [1.807, 2.05) is 15.5 Å². The van der Waals surface area contributed by atoms with Gasteiger partial charge < -0.3 is 9.47 Å². The number of rotatable bonds is 6. The molecule has 0 radical (unpaired) electrons. The fourth-order valence-corrected chi connectivity index (χ4v) is 7.18. The molecule has 15 heteroatoms. The van der Waals surface area contributed by atoms with Crippen LogP contribution in [0.2, 0.25) is 0 Å². The SMILES string of the molecule is CC(C)(C)OC(=O)NS(=O)(=O)N1CC2C(C#Cc3ccc(OCc4ccccc4)c(N4CC(=O)NS4(=O)=O)c3F)C2C1. The summed E-state index contributed by atoms with van der Waals surface area (Å²) >= 11 is 0. The highest BCUT2D eigenvalue weighted by Crippen LogP contribution is 2.52. The van der Waals surface area contributed by atoms with E-state index in [0.717, 1.165) is 9.87 Å². The van der Waals surface area contributed by atoms with Crippen LogP contribution in [0.5, 0.6) is 5.75 Å². The fraction of sp³-hybridized carbons (Fsp3) is 0.407. The Balaban J connectivity index is 1.32. The lowest BCUT2D eigenvalue weighted by atomic mass is 10.1. The third kappa shape index (κ3) is 6.30. The molecule has 0 bridgehead atoms. The molecular formula is C27H29FN4O8S2. The number of carbonyl (C=O) groups excluding carboxylic acids is 2. The molecule has 12 nitrogen and oxygen atoms in total. The highest BCUT2D eigenvalue weighted by molar-refractivity contribution is 7.92. The van der Waals surface area contributed by atoms with Crippen molar-refractivity contribution >= 4 is 38.1 Å². The number of nitrogens with one attached hydrogen (secondary N) is 2. The van der Waals surface area contributed by atoms with Crippen molar-refractivity contribution in [2.45, 2.75) is 33.0 Å². The minimum atomic E-state index is -4.34. The molecule has 2 atom stereocenters. The number of nitrogens with zero attached hydrogens (tertiary/aromatic N) is 2. The van der Waals surface area contributed by atoms with Crippen LogP contribution in [-0.4, -0.2) is 58.4 Å². The topological polar surface area (TPSA) is 151 Å². The zero-order valence-corrected chi connectivity index (χ0v) is 24.6. The molecule has 0 spiro atoms. The van der Waals surface area contributed by atoms with Crippen molar-refractivity contribution in [3.8, 4) is 17.6 Å². The van der Waals surface area contributed by atoms with Crippen molar-refractivity contribution in [3.05, 3.63) is 59.4 Å². The minimum Gasteiger partial charge on any atom is -0.487 e. The maximum atomic E-state index is 15.8. The van der Waals surface area contributed by atoms with Gasteiger partial charge in [0.1, 0.15) is 30.2 Å². The Morgan fingerprint density at radius 3 is 2.40 bits per heavy atom. The Kier molecular flexibility index (Phi) is 7.58. The molecule has 2 saturated heterocycles. The summed E-state index contributed by atoms with van der Waals surface area (Å²) in [4.78, 5) is 23.8. The van der Waals surface area contributed by atoms with E-state index >= 15 is 4.39 Å². The quantitative estimate of drug-likeness (QED) is 0.465. The van der Waals surface area contributed by atoms with E-state index in [2.05, 4.69) is 11.8 Å². The monoisotopic (exact) mass is 620 g/mol. The number of piperidine rings is 1. The first-order valence-electron chi connectivity index (χ1n) is 13.0. The molecule has 2 amide bonds. The van der Waals surface area contributed by atoms with E-state index < -0.39 is 56.1 Å². The Morgan fingerprint density at radius 2 is 1.81 bits per heavy atom. The first-order chi connectivity index (χ1) is 19.6. The number of benzene rings is 2. The van der Waals surface area contributed by atoms with E-state index in [4.69, 9.17) is 9.47 Å². The normalized spacial score (nSPS) is 22.9. The van der Waals surface area contributed by atoms with Crippen LogP contribution in [0.3, 0.4) is 0 Å². The second kappa shape index (κ2) is 10.8. The predicted molar refractivity (Wildman–Crippen MR) is 149 cm³/mol. The van der Waals surface area contributed by atoms with Crippen molar-refractivity contribution < 1.29 is 40.3 Å². The highest BCUT2D eigenvalue weighted by atomic mass is 32.2. The Hall–Kier alpha value is -3.87. The summed E-state index contributed by atoms with van der Waals surface area (Å²) in [5.41, 5.74) is -0.631. The molecular weight excluding hydrogens is 591 g/mol. The van der Waals surface area contributed by atoms with Crippen molar-refractivity contribution in [2.75, 3.05) is 23.9 Å². The van der Waals surface area contributed by atoms with Crippen LogP contribution >= 0.6 is 0 Å². The molecule has 2 aromatic carbocycles. The average Bonchev–Trinajstić information content (AvgIpc) is 3.18. The largest absolute Gasteiger partial charge is 0.487 e. The van der Waals surface area contributed by atoms with Crippen molar-refractivity contribution in [3.63, 3.8) is 0 Å². The van der Waals surface area contributed by atoms with Gasteiger partial charge in [-0.25, -0.2) is 22.9 Å². The van der Waals surface area contributed by atoms with Crippen LogP contribution in [0.1, 0.15) is 31.9 Å². The first kappa shape index (κ1) is 29.6. The van der Waals surface area contributed by atoms with Gasteiger partial charge in [0.2, 0.25) is 0 Å². The van der Waals surface area contributed by atoms with Gasteiger partial charge in [-0.2, -0.15) is 21.1 Å². The van der Waals surface area contributed by atoms with Crippen LogP contribution in [0, 0.1) is 35.4 Å². The second-order valence-corrected chi connectivity index (χ2v) is 14.4. The third-order valence-electron chi connectivity index (χ3n) is 6.87. The molecule has 2 heterocycles. The molecule has 2 aliphatic heterocycles. The number of carbonyl (C=O) groups is 2. The molecule has 2 N–H and O–H groups in total. The molecule has 0 aromatic heterocycles. The zero-order valence-electron chi connectivity index (χ0n) is 23.0. The Bertz CT molecular complexity index is 1690. The number of anilines is 1. The number of hydrogen-bond donors (Lipinski definition) is 2. The van der Waals surface area contributed by atoms with E-state index in [1.54, 1.807) is 45.0 Å². The van der Waals surface area contributed by atoms with E-state index in [-0.39, 0.29) is 48.8 Å². The summed E-state index contributed by atoms with van der Waals surface area (Å²) in [6.07, 6.45) is -1.07. The average molecular weight is 621 g/mol. The van der Waals surface area contributed by atoms with Gasteiger partial charge in [-0.1, -0.05) is 42.2 Å². The van der Waals surface area contributed by atoms with Gasteiger partial charge in [-0.15, -0.1) is 0 Å². The molecule has 1 aliphatic carbocycles. The smallest absolute Gasteiger partial charge is 0.422 e. The van der Waals surface area contributed by atoms with Gasteiger partial charge >= 0.3 is 26.5 Å². The van der Waals surface area contributed by atoms with Crippen molar-refractivity contribution in [1.82, 2.24) is 13.7 Å². The van der Waals surface area contributed by atoms with Gasteiger partial charge in [0.05, 0.1) is 5.56 Å². The summed E-state index contributed by atoms with van der Waals surface area (Å²) in [6.45, 7) is 4.51. The Labute approximate surface area is 243 Å². The molecule has 224 valence electrons. The van der Waals surface area contributed by atoms with Crippen molar-refractivity contribution in [1.29, 1.82) is 0 Å². The minimum absolute atomic E-state index is 0.0290. The summed E-state index contributed by atoms with van der Waals surface area (Å²) < 4.78 is 82.4. The van der Waals surface area contributed by atoms with Crippen LogP contribution in [0.15, 0.2) is 42.5 Å². The van der Waals surface area contributed by atoms with Gasteiger partial charge in [0.15, 0.2) is 5.82 Å². The molecule has 3 fully saturated rings. The maximum Gasteiger partial charge on any atom is 0.422 e. The second-order valence-electron chi connectivity index (χ2n) is 11.1. The lowest BCUT2D eigenvalue weighted by molar-refractivity contribution is -0.117. The lowest BCUT2D eigenvalue weighted by Crippen LogP contribution is -2.45. The Morgan fingerprint density at radius 1 is 1.14 bits per heavy atom. The fourth-order valence-electron chi connectivity index (χ4n) is 4.90. The zero-order chi connectivity index (χ0) is 30.4. The molecule has 3 aliphatic rings. The molecule has 2 unspecified atom stereocenters.